The molecule has 3 heteroatoms. The highest BCUT2D eigenvalue weighted by atomic mass is 16.6. The summed E-state index contributed by atoms with van der Waals surface area (Å²) in [6, 6.07) is 0. The van der Waals surface area contributed by atoms with Crippen LogP contribution in [0.25, 0.3) is 0 Å². The van der Waals surface area contributed by atoms with Crippen molar-refractivity contribution < 1.29 is 9.47 Å². The molecule has 70 valence electrons. The Hall–Kier alpha value is -0.120. The lowest BCUT2D eigenvalue weighted by Gasteiger charge is -2.37. The molecule has 0 aromatic heterocycles. The van der Waals surface area contributed by atoms with E-state index >= 15 is 0 Å². The van der Waals surface area contributed by atoms with Gasteiger partial charge in [0.1, 0.15) is 5.60 Å². The first-order chi connectivity index (χ1) is 5.85. The van der Waals surface area contributed by atoms with E-state index in [1.807, 2.05) is 0 Å². The van der Waals surface area contributed by atoms with Gasteiger partial charge in [-0.2, -0.15) is 0 Å². The molecule has 0 aromatic rings. The van der Waals surface area contributed by atoms with Gasteiger partial charge in [0.15, 0.2) is 0 Å². The van der Waals surface area contributed by atoms with Crippen LogP contribution in [0, 0.1) is 0 Å². The molecule has 2 fully saturated rings. The van der Waals surface area contributed by atoms with E-state index in [0.29, 0.717) is 6.10 Å². The maximum absolute atomic E-state index is 6.00. The molecule has 2 aliphatic heterocycles. The minimum Gasteiger partial charge on any atom is -0.378 e. The van der Waals surface area contributed by atoms with Gasteiger partial charge in [-0.15, -0.1) is 0 Å². The first-order valence-corrected chi connectivity index (χ1v) is 4.81. The first kappa shape index (κ1) is 8.48. The van der Waals surface area contributed by atoms with Gasteiger partial charge in [0.05, 0.1) is 12.7 Å². The molecular weight excluding hydrogens is 154 g/mol. The smallest absolute Gasteiger partial charge is 0.106 e. The van der Waals surface area contributed by atoms with Gasteiger partial charge in [0.2, 0.25) is 0 Å². The largest absolute Gasteiger partial charge is 0.378 e. The summed E-state index contributed by atoms with van der Waals surface area (Å²) in [5.41, 5.74) is 0.0128. The Labute approximate surface area is 73.4 Å². The van der Waals surface area contributed by atoms with Crippen molar-refractivity contribution in [3.63, 3.8) is 0 Å². The summed E-state index contributed by atoms with van der Waals surface area (Å²) in [5.74, 6) is 0. The van der Waals surface area contributed by atoms with Crippen molar-refractivity contribution in [3.8, 4) is 0 Å². The molecule has 0 aromatic carbocycles. The molecule has 0 unspecified atom stereocenters. The van der Waals surface area contributed by atoms with Crippen molar-refractivity contribution in [1.82, 2.24) is 5.32 Å². The number of hydrogen-bond acceptors (Lipinski definition) is 3. The summed E-state index contributed by atoms with van der Waals surface area (Å²) in [4.78, 5) is 0. The van der Waals surface area contributed by atoms with Gasteiger partial charge in [-0.05, 0) is 6.42 Å². The third-order valence-electron chi connectivity index (χ3n) is 2.76. The molecule has 0 saturated carbocycles. The van der Waals surface area contributed by atoms with Crippen LogP contribution < -0.4 is 5.32 Å². The minimum absolute atomic E-state index is 0.0128. The highest BCUT2D eigenvalue weighted by Crippen LogP contribution is 2.27. The predicted molar refractivity (Wildman–Crippen MR) is 46.2 cm³/mol. The van der Waals surface area contributed by atoms with Crippen LogP contribution >= 0.6 is 0 Å². The van der Waals surface area contributed by atoms with Crippen LogP contribution in [0.2, 0.25) is 0 Å². The van der Waals surface area contributed by atoms with E-state index in [0.717, 1.165) is 39.1 Å². The Morgan fingerprint density at radius 2 is 2.50 bits per heavy atom. The Morgan fingerprint density at radius 3 is 3.17 bits per heavy atom. The minimum atomic E-state index is 0.0128. The lowest BCUT2D eigenvalue weighted by Crippen LogP contribution is -2.54. The quantitative estimate of drug-likeness (QED) is 0.624. The Kier molecular flexibility index (Phi) is 2.35. The van der Waals surface area contributed by atoms with E-state index in [2.05, 4.69) is 12.2 Å². The van der Waals surface area contributed by atoms with Gasteiger partial charge < -0.3 is 14.8 Å². The Morgan fingerprint density at radius 1 is 1.58 bits per heavy atom. The van der Waals surface area contributed by atoms with E-state index < -0.39 is 0 Å². The van der Waals surface area contributed by atoms with E-state index in [1.54, 1.807) is 0 Å². The maximum atomic E-state index is 6.00. The average molecular weight is 171 g/mol. The van der Waals surface area contributed by atoms with Crippen molar-refractivity contribution >= 4 is 0 Å². The second-order valence-electron chi connectivity index (χ2n) is 3.76. The average Bonchev–Trinajstić information content (AvgIpc) is 2.53. The van der Waals surface area contributed by atoms with Crippen LogP contribution in [0.1, 0.15) is 19.8 Å². The van der Waals surface area contributed by atoms with Gasteiger partial charge in [-0.25, -0.2) is 0 Å². The third kappa shape index (κ3) is 1.49. The molecule has 2 atom stereocenters. The second-order valence-corrected chi connectivity index (χ2v) is 3.76. The predicted octanol–water partition coefficient (Wildman–Crippen LogP) is 0.544. The second kappa shape index (κ2) is 3.32. The molecule has 1 spiro atoms. The zero-order valence-corrected chi connectivity index (χ0v) is 7.64. The standard InChI is InChI=1S/C9H17NO2/c1-2-8-5-10-6-9(12-8)3-4-11-7-9/h8,10H,2-7H2,1H3/t8-,9+/m0/s1. The number of ether oxygens (including phenoxy) is 2. The Bertz CT molecular complexity index is 155. The molecule has 1 N–H and O–H groups in total. The zero-order chi connectivity index (χ0) is 8.44. The topological polar surface area (TPSA) is 30.5 Å². The lowest BCUT2D eigenvalue weighted by molar-refractivity contribution is -0.116. The maximum Gasteiger partial charge on any atom is 0.106 e. The van der Waals surface area contributed by atoms with Crippen molar-refractivity contribution in [2.45, 2.75) is 31.5 Å². The summed E-state index contributed by atoms with van der Waals surface area (Å²) in [6.45, 7) is 5.76. The van der Waals surface area contributed by atoms with Crippen molar-refractivity contribution in [2.75, 3.05) is 26.3 Å². The SMILES string of the molecule is CC[C@H]1CNC[C@@]2(CCOC2)O1. The van der Waals surface area contributed by atoms with Gasteiger partial charge in [-0.1, -0.05) is 6.92 Å². The van der Waals surface area contributed by atoms with Crippen LogP contribution in [0.15, 0.2) is 0 Å². The highest BCUT2D eigenvalue weighted by Gasteiger charge is 2.40. The summed E-state index contributed by atoms with van der Waals surface area (Å²) in [7, 11) is 0. The van der Waals surface area contributed by atoms with Gasteiger partial charge in [-0.3, -0.25) is 0 Å². The van der Waals surface area contributed by atoms with E-state index in [4.69, 9.17) is 9.47 Å². The number of rotatable bonds is 1. The summed E-state index contributed by atoms with van der Waals surface area (Å²) in [6.07, 6.45) is 2.53. The molecule has 2 aliphatic rings. The molecule has 2 saturated heterocycles. The first-order valence-electron chi connectivity index (χ1n) is 4.81. The number of morpholine rings is 1. The molecule has 2 rings (SSSR count). The lowest BCUT2D eigenvalue weighted by atomic mass is 10.0. The number of nitrogens with one attached hydrogen (secondary N) is 1. The van der Waals surface area contributed by atoms with E-state index in [1.165, 1.54) is 0 Å². The van der Waals surface area contributed by atoms with Crippen LogP contribution in [0.5, 0.6) is 0 Å². The van der Waals surface area contributed by atoms with Gasteiger partial charge in [0, 0.05) is 26.1 Å². The van der Waals surface area contributed by atoms with Crippen LogP contribution in [-0.4, -0.2) is 38.0 Å². The highest BCUT2D eigenvalue weighted by molar-refractivity contribution is 4.91. The fraction of sp³-hybridized carbons (Fsp3) is 1.00. The molecule has 3 nitrogen and oxygen atoms in total. The fourth-order valence-corrected chi connectivity index (χ4v) is 1.95. The van der Waals surface area contributed by atoms with Crippen LogP contribution in [0.4, 0.5) is 0 Å². The molecule has 0 radical (unpaired) electrons. The Balaban J connectivity index is 1.97. The molecule has 2 heterocycles. The van der Waals surface area contributed by atoms with Crippen molar-refractivity contribution in [3.05, 3.63) is 0 Å². The summed E-state index contributed by atoms with van der Waals surface area (Å²) >= 11 is 0. The number of hydrogen-bond donors (Lipinski definition) is 1. The van der Waals surface area contributed by atoms with Gasteiger partial charge in [0.25, 0.3) is 0 Å². The van der Waals surface area contributed by atoms with E-state index in [-0.39, 0.29) is 5.60 Å². The monoisotopic (exact) mass is 171 g/mol. The molecule has 0 aliphatic carbocycles. The van der Waals surface area contributed by atoms with Crippen LogP contribution in [-0.2, 0) is 9.47 Å². The van der Waals surface area contributed by atoms with Crippen molar-refractivity contribution in [1.29, 1.82) is 0 Å². The van der Waals surface area contributed by atoms with E-state index in [9.17, 15) is 0 Å². The molecule has 12 heavy (non-hydrogen) atoms. The normalized spacial score (nSPS) is 42.2. The molecule has 0 bridgehead atoms. The zero-order valence-electron chi connectivity index (χ0n) is 7.64. The van der Waals surface area contributed by atoms with Crippen molar-refractivity contribution in [2.24, 2.45) is 0 Å². The fourth-order valence-electron chi connectivity index (χ4n) is 1.95. The third-order valence-corrected chi connectivity index (χ3v) is 2.76. The summed E-state index contributed by atoms with van der Waals surface area (Å²) in [5, 5.41) is 3.41. The molecule has 0 amide bonds. The van der Waals surface area contributed by atoms with Crippen LogP contribution in [0.3, 0.4) is 0 Å². The summed E-state index contributed by atoms with van der Waals surface area (Å²) < 4.78 is 11.4. The molecular formula is C9H17NO2. The van der Waals surface area contributed by atoms with Gasteiger partial charge >= 0.3 is 0 Å².